The first kappa shape index (κ1) is 19.1. The molecule has 0 aliphatic carbocycles. The van der Waals surface area contributed by atoms with Crippen molar-refractivity contribution in [2.45, 2.75) is 51.8 Å². The first-order chi connectivity index (χ1) is 11.2. The van der Waals surface area contributed by atoms with Gasteiger partial charge in [-0.25, -0.2) is 4.79 Å². The van der Waals surface area contributed by atoms with E-state index in [1.54, 1.807) is 27.7 Å². The SMILES string of the molecule is CCOC1CO[C@@H](n2cc(C)c(N)nc2=O)C1OP(=O)(O)C(C)C. The van der Waals surface area contributed by atoms with E-state index >= 15 is 0 Å². The molecule has 2 rings (SSSR count). The molecule has 4 atom stereocenters. The quantitative estimate of drug-likeness (QED) is 0.720. The van der Waals surface area contributed by atoms with Crippen molar-refractivity contribution in [3.63, 3.8) is 0 Å². The minimum absolute atomic E-state index is 0.128. The summed E-state index contributed by atoms with van der Waals surface area (Å²) in [4.78, 5) is 26.0. The Morgan fingerprint density at radius 2 is 2.25 bits per heavy atom. The molecule has 1 saturated heterocycles. The molecule has 136 valence electrons. The zero-order valence-electron chi connectivity index (χ0n) is 14.2. The third-order valence-electron chi connectivity index (χ3n) is 3.83. The van der Waals surface area contributed by atoms with Crippen molar-refractivity contribution < 1.29 is 23.5 Å². The van der Waals surface area contributed by atoms with E-state index in [9.17, 15) is 14.3 Å². The minimum atomic E-state index is -3.89. The smallest absolute Gasteiger partial charge is 0.351 e. The number of hydrogen-bond acceptors (Lipinski definition) is 7. The predicted octanol–water partition coefficient (Wildman–Crippen LogP) is 1.05. The molecule has 1 fully saturated rings. The summed E-state index contributed by atoms with van der Waals surface area (Å²) in [6, 6.07) is 0. The third kappa shape index (κ3) is 3.87. The summed E-state index contributed by atoms with van der Waals surface area (Å²) in [6.45, 7) is 7.19. The molecule has 9 nitrogen and oxygen atoms in total. The van der Waals surface area contributed by atoms with Crippen LogP contribution >= 0.6 is 7.60 Å². The number of aromatic nitrogens is 2. The van der Waals surface area contributed by atoms with Crippen LogP contribution in [0, 0.1) is 6.92 Å². The lowest BCUT2D eigenvalue weighted by atomic mass is 10.2. The van der Waals surface area contributed by atoms with Crippen molar-refractivity contribution in [2.75, 3.05) is 18.9 Å². The zero-order valence-corrected chi connectivity index (χ0v) is 15.1. The molecule has 1 aromatic heterocycles. The van der Waals surface area contributed by atoms with Gasteiger partial charge in [0.25, 0.3) is 0 Å². The van der Waals surface area contributed by atoms with Gasteiger partial charge in [0, 0.05) is 18.4 Å². The second-order valence-electron chi connectivity index (χ2n) is 5.94. The Labute approximate surface area is 140 Å². The molecule has 1 aromatic rings. The van der Waals surface area contributed by atoms with E-state index in [1.165, 1.54) is 10.8 Å². The van der Waals surface area contributed by atoms with Crippen LogP contribution in [-0.2, 0) is 18.6 Å². The van der Waals surface area contributed by atoms with Crippen LogP contribution in [-0.4, -0.2) is 45.5 Å². The highest BCUT2D eigenvalue weighted by Crippen LogP contribution is 2.51. The fourth-order valence-electron chi connectivity index (χ4n) is 2.34. The molecule has 1 aliphatic rings. The maximum absolute atomic E-state index is 12.3. The minimum Gasteiger partial charge on any atom is -0.383 e. The second kappa shape index (κ2) is 7.33. The molecule has 1 aliphatic heterocycles. The Balaban J connectivity index is 2.39. The van der Waals surface area contributed by atoms with Crippen LogP contribution in [0.15, 0.2) is 11.0 Å². The van der Waals surface area contributed by atoms with E-state index in [-0.39, 0.29) is 12.4 Å². The van der Waals surface area contributed by atoms with Crippen molar-refractivity contribution in [1.82, 2.24) is 9.55 Å². The van der Waals surface area contributed by atoms with Crippen molar-refractivity contribution >= 4 is 13.4 Å². The molecule has 0 radical (unpaired) electrons. The second-order valence-corrected chi connectivity index (χ2v) is 8.32. The van der Waals surface area contributed by atoms with Gasteiger partial charge in [-0.2, -0.15) is 4.98 Å². The summed E-state index contributed by atoms with van der Waals surface area (Å²) in [5, 5.41) is 0. The lowest BCUT2D eigenvalue weighted by molar-refractivity contribution is -0.0260. The molecule has 0 amide bonds. The topological polar surface area (TPSA) is 126 Å². The molecular weight excluding hydrogens is 337 g/mol. The normalized spacial score (nSPS) is 26.7. The molecule has 3 unspecified atom stereocenters. The Hall–Kier alpha value is -1.25. The van der Waals surface area contributed by atoms with Crippen molar-refractivity contribution in [3.8, 4) is 0 Å². The maximum atomic E-state index is 12.3. The van der Waals surface area contributed by atoms with Gasteiger partial charge >= 0.3 is 13.3 Å². The van der Waals surface area contributed by atoms with Crippen molar-refractivity contribution in [2.24, 2.45) is 0 Å². The largest absolute Gasteiger partial charge is 0.383 e. The molecular formula is C14H24N3O6P. The van der Waals surface area contributed by atoms with Crippen LogP contribution in [0.4, 0.5) is 5.82 Å². The molecule has 0 spiro atoms. The highest BCUT2D eigenvalue weighted by Gasteiger charge is 2.45. The highest BCUT2D eigenvalue weighted by atomic mass is 31.2. The number of nitrogens with zero attached hydrogens (tertiary/aromatic N) is 2. The van der Waals surface area contributed by atoms with Crippen LogP contribution in [0.2, 0.25) is 0 Å². The van der Waals surface area contributed by atoms with Gasteiger partial charge in [0.05, 0.1) is 12.3 Å². The molecule has 0 aromatic carbocycles. The van der Waals surface area contributed by atoms with Crippen LogP contribution in [0.5, 0.6) is 0 Å². The average molecular weight is 361 g/mol. The first-order valence-electron chi connectivity index (χ1n) is 7.76. The van der Waals surface area contributed by atoms with Crippen molar-refractivity contribution in [3.05, 3.63) is 22.2 Å². The van der Waals surface area contributed by atoms with Crippen molar-refractivity contribution in [1.29, 1.82) is 0 Å². The number of nitrogen functional groups attached to an aromatic ring is 1. The van der Waals surface area contributed by atoms with Gasteiger partial charge in [-0.1, -0.05) is 13.8 Å². The maximum Gasteiger partial charge on any atom is 0.351 e. The van der Waals surface area contributed by atoms with E-state index in [4.69, 9.17) is 19.7 Å². The van der Waals surface area contributed by atoms with Gasteiger partial charge in [-0.05, 0) is 13.8 Å². The number of aryl methyl sites for hydroxylation is 1. The van der Waals surface area contributed by atoms with Crippen LogP contribution in [0.1, 0.15) is 32.6 Å². The highest BCUT2D eigenvalue weighted by molar-refractivity contribution is 7.53. The first-order valence-corrected chi connectivity index (χ1v) is 9.41. The average Bonchev–Trinajstić information content (AvgIpc) is 2.85. The van der Waals surface area contributed by atoms with Crippen LogP contribution in [0.25, 0.3) is 0 Å². The lowest BCUT2D eigenvalue weighted by Gasteiger charge is -2.27. The number of ether oxygens (including phenoxy) is 2. The van der Waals surface area contributed by atoms with E-state index in [2.05, 4.69) is 4.98 Å². The molecule has 10 heteroatoms. The van der Waals surface area contributed by atoms with Gasteiger partial charge in [-0.15, -0.1) is 0 Å². The fourth-order valence-corrected chi connectivity index (χ4v) is 3.17. The Kier molecular flexibility index (Phi) is 5.83. The Morgan fingerprint density at radius 1 is 1.58 bits per heavy atom. The van der Waals surface area contributed by atoms with E-state index in [0.717, 1.165) is 0 Å². The molecule has 24 heavy (non-hydrogen) atoms. The van der Waals surface area contributed by atoms with Gasteiger partial charge < -0.3 is 20.1 Å². The number of anilines is 1. The molecule has 0 bridgehead atoms. The third-order valence-corrected chi connectivity index (χ3v) is 5.68. The number of rotatable bonds is 6. The zero-order chi connectivity index (χ0) is 18.1. The molecule has 0 saturated carbocycles. The van der Waals surface area contributed by atoms with Gasteiger partial charge in [0.1, 0.15) is 18.0 Å². The number of nitrogens with two attached hydrogens (primary N) is 1. The van der Waals surface area contributed by atoms with Crippen LogP contribution < -0.4 is 11.4 Å². The summed E-state index contributed by atoms with van der Waals surface area (Å²) >= 11 is 0. The summed E-state index contributed by atoms with van der Waals surface area (Å²) in [6.07, 6.45) is -0.896. The number of hydrogen-bond donors (Lipinski definition) is 2. The fraction of sp³-hybridized carbons (Fsp3) is 0.714. The van der Waals surface area contributed by atoms with Gasteiger partial charge in [0.15, 0.2) is 6.23 Å². The summed E-state index contributed by atoms with van der Waals surface area (Å²) in [7, 11) is -3.89. The monoisotopic (exact) mass is 361 g/mol. The Bertz CT molecular complexity index is 692. The van der Waals surface area contributed by atoms with E-state index < -0.39 is 37.4 Å². The van der Waals surface area contributed by atoms with E-state index in [0.29, 0.717) is 12.2 Å². The molecule has 3 N–H and O–H groups in total. The standard InChI is InChI=1S/C14H24N3O6P/c1-5-21-10-7-22-13(11(10)23-24(19,20)8(2)3)17-6-9(4)12(15)16-14(17)18/h6,8,10-11,13H,5,7H2,1-4H3,(H,19,20)(H2,15,16,18)/t10?,11?,13-/m1/s1. The van der Waals surface area contributed by atoms with Gasteiger partial charge in [-0.3, -0.25) is 13.7 Å². The summed E-state index contributed by atoms with van der Waals surface area (Å²) < 4.78 is 30.1. The van der Waals surface area contributed by atoms with Crippen LogP contribution in [0.3, 0.4) is 0 Å². The summed E-state index contributed by atoms with van der Waals surface area (Å²) in [5.74, 6) is 0.128. The van der Waals surface area contributed by atoms with E-state index in [1.807, 2.05) is 0 Å². The summed E-state index contributed by atoms with van der Waals surface area (Å²) in [5.41, 5.74) is 5.01. The predicted molar refractivity (Wildman–Crippen MR) is 87.9 cm³/mol. The lowest BCUT2D eigenvalue weighted by Crippen LogP contribution is -2.38. The molecule has 2 heterocycles. The Morgan fingerprint density at radius 3 is 2.83 bits per heavy atom. The van der Waals surface area contributed by atoms with Gasteiger partial charge in [0.2, 0.25) is 0 Å².